The van der Waals surface area contributed by atoms with Gasteiger partial charge in [-0.2, -0.15) is 0 Å². The van der Waals surface area contributed by atoms with E-state index in [1.54, 1.807) is 6.07 Å². The Balaban J connectivity index is 1.73. The topological polar surface area (TPSA) is 61.7 Å². The summed E-state index contributed by atoms with van der Waals surface area (Å²) < 4.78 is 19.9. The minimum absolute atomic E-state index is 0.119. The van der Waals surface area contributed by atoms with Gasteiger partial charge in [-0.1, -0.05) is 25.1 Å². The van der Waals surface area contributed by atoms with Crippen LogP contribution < -0.4 is 4.90 Å². The number of halogens is 1. The first-order valence-electron chi connectivity index (χ1n) is 11.2. The SMILES string of the molecule is CCc1nc(C)nc(N2CCN(CC(O)COC(C)C)CC2)c1Cc1ccccc1F. The van der Waals surface area contributed by atoms with E-state index in [-0.39, 0.29) is 11.9 Å². The molecule has 1 fully saturated rings. The molecule has 6 nitrogen and oxygen atoms in total. The molecule has 0 radical (unpaired) electrons. The first kappa shape index (κ1) is 23.6. The van der Waals surface area contributed by atoms with Crippen LogP contribution in [0.1, 0.15) is 43.4 Å². The quantitative estimate of drug-likeness (QED) is 0.660. The van der Waals surface area contributed by atoms with Crippen molar-refractivity contribution in [2.24, 2.45) is 0 Å². The van der Waals surface area contributed by atoms with Crippen LogP contribution in [-0.4, -0.2) is 71.5 Å². The number of anilines is 1. The van der Waals surface area contributed by atoms with E-state index in [2.05, 4.69) is 21.7 Å². The summed E-state index contributed by atoms with van der Waals surface area (Å²) in [4.78, 5) is 14.0. The highest BCUT2D eigenvalue weighted by molar-refractivity contribution is 5.52. The van der Waals surface area contributed by atoms with Crippen molar-refractivity contribution in [3.05, 3.63) is 52.7 Å². The number of aryl methyl sites for hydroxylation is 2. The molecule has 0 bridgehead atoms. The Hall–Kier alpha value is -2.09. The lowest BCUT2D eigenvalue weighted by atomic mass is 10.0. The molecule has 2 aromatic rings. The summed E-state index contributed by atoms with van der Waals surface area (Å²) in [6, 6.07) is 6.91. The minimum atomic E-state index is -0.487. The Kier molecular flexibility index (Phi) is 8.35. The van der Waals surface area contributed by atoms with Crippen LogP contribution in [-0.2, 0) is 17.6 Å². The normalized spacial score (nSPS) is 16.2. The second-order valence-corrected chi connectivity index (χ2v) is 8.46. The van der Waals surface area contributed by atoms with Gasteiger partial charge in [0, 0.05) is 50.4 Å². The average Bonchev–Trinajstić information content (AvgIpc) is 2.75. The number of benzene rings is 1. The molecule has 1 aromatic heterocycles. The summed E-state index contributed by atoms with van der Waals surface area (Å²) in [6.45, 7) is 12.2. The highest BCUT2D eigenvalue weighted by atomic mass is 19.1. The number of aromatic nitrogens is 2. The zero-order valence-electron chi connectivity index (χ0n) is 19.1. The number of hydrogen-bond donors (Lipinski definition) is 1. The summed E-state index contributed by atoms with van der Waals surface area (Å²) >= 11 is 0. The molecule has 1 unspecified atom stereocenters. The van der Waals surface area contributed by atoms with E-state index in [1.165, 1.54) is 6.07 Å². The van der Waals surface area contributed by atoms with Crippen LogP contribution in [0.5, 0.6) is 0 Å². The van der Waals surface area contributed by atoms with Gasteiger partial charge in [0.15, 0.2) is 0 Å². The van der Waals surface area contributed by atoms with Crippen molar-refractivity contribution in [2.45, 2.75) is 52.7 Å². The molecule has 0 spiro atoms. The average molecular weight is 431 g/mol. The first-order chi connectivity index (χ1) is 14.9. The van der Waals surface area contributed by atoms with Gasteiger partial charge in [-0.25, -0.2) is 14.4 Å². The van der Waals surface area contributed by atoms with Crippen molar-refractivity contribution >= 4 is 5.82 Å². The molecule has 170 valence electrons. The molecule has 1 aliphatic heterocycles. The van der Waals surface area contributed by atoms with Gasteiger partial charge >= 0.3 is 0 Å². The molecular weight excluding hydrogens is 395 g/mol. The molecule has 0 amide bonds. The van der Waals surface area contributed by atoms with E-state index in [0.717, 1.165) is 55.5 Å². The maximum absolute atomic E-state index is 14.4. The number of piperazine rings is 1. The van der Waals surface area contributed by atoms with E-state index in [1.807, 2.05) is 32.9 Å². The van der Waals surface area contributed by atoms with Crippen LogP contribution in [0, 0.1) is 12.7 Å². The summed E-state index contributed by atoms with van der Waals surface area (Å²) in [6.07, 6.45) is 0.894. The van der Waals surface area contributed by atoms with E-state index in [4.69, 9.17) is 9.72 Å². The summed E-state index contributed by atoms with van der Waals surface area (Å²) in [5, 5.41) is 10.2. The third-order valence-electron chi connectivity index (χ3n) is 5.61. The number of ether oxygens (including phenoxy) is 1. The van der Waals surface area contributed by atoms with Crippen LogP contribution in [0.3, 0.4) is 0 Å². The maximum atomic E-state index is 14.4. The second kappa shape index (κ2) is 11.0. The number of rotatable bonds is 9. The van der Waals surface area contributed by atoms with E-state index < -0.39 is 6.10 Å². The van der Waals surface area contributed by atoms with Crippen molar-refractivity contribution in [2.75, 3.05) is 44.2 Å². The third-order valence-corrected chi connectivity index (χ3v) is 5.61. The van der Waals surface area contributed by atoms with Gasteiger partial charge in [-0.15, -0.1) is 0 Å². The Labute approximate surface area is 185 Å². The lowest BCUT2D eigenvalue weighted by molar-refractivity contribution is -0.00901. The number of hydrogen-bond acceptors (Lipinski definition) is 6. The zero-order chi connectivity index (χ0) is 22.4. The summed E-state index contributed by atoms with van der Waals surface area (Å²) in [7, 11) is 0. The minimum Gasteiger partial charge on any atom is -0.389 e. The molecule has 1 aliphatic rings. The number of aliphatic hydroxyl groups is 1. The number of nitrogens with zero attached hydrogens (tertiary/aromatic N) is 4. The van der Waals surface area contributed by atoms with Crippen LogP contribution in [0.25, 0.3) is 0 Å². The van der Waals surface area contributed by atoms with Crippen LogP contribution in [0.15, 0.2) is 24.3 Å². The molecule has 0 aliphatic carbocycles. The molecule has 0 saturated carbocycles. The predicted molar refractivity (Wildman–Crippen MR) is 121 cm³/mol. The lowest BCUT2D eigenvalue weighted by Gasteiger charge is -2.37. The lowest BCUT2D eigenvalue weighted by Crippen LogP contribution is -2.49. The zero-order valence-corrected chi connectivity index (χ0v) is 19.1. The van der Waals surface area contributed by atoms with Gasteiger partial charge in [0.1, 0.15) is 17.5 Å². The van der Waals surface area contributed by atoms with Crippen LogP contribution >= 0.6 is 0 Å². The standard InChI is InChI=1S/C24H35FN4O2/c1-5-23-21(14-19-8-6-7-9-22(19)25)24(27-18(4)26-23)29-12-10-28(11-13-29)15-20(30)16-31-17(2)3/h6-9,17,20,30H,5,10-16H2,1-4H3. The highest BCUT2D eigenvalue weighted by Crippen LogP contribution is 2.26. The fourth-order valence-corrected chi connectivity index (χ4v) is 4.00. The molecular formula is C24H35FN4O2. The van der Waals surface area contributed by atoms with Gasteiger partial charge in [-0.05, 0) is 38.8 Å². The predicted octanol–water partition coefficient (Wildman–Crippen LogP) is 2.99. The Morgan fingerprint density at radius 2 is 1.84 bits per heavy atom. The first-order valence-corrected chi connectivity index (χ1v) is 11.2. The fourth-order valence-electron chi connectivity index (χ4n) is 4.00. The second-order valence-electron chi connectivity index (χ2n) is 8.46. The molecule has 1 saturated heterocycles. The number of aliphatic hydroxyl groups excluding tert-OH is 1. The van der Waals surface area contributed by atoms with Gasteiger partial charge in [0.2, 0.25) is 0 Å². The Bertz CT molecular complexity index is 853. The van der Waals surface area contributed by atoms with Crippen LogP contribution in [0.2, 0.25) is 0 Å². The number of β-amino-alcohol motifs (C(OH)–C–C–N with tert-alkyl or cyclic N) is 1. The molecule has 2 heterocycles. The largest absolute Gasteiger partial charge is 0.389 e. The van der Waals surface area contributed by atoms with E-state index in [9.17, 15) is 9.50 Å². The maximum Gasteiger partial charge on any atom is 0.136 e. The van der Waals surface area contributed by atoms with Gasteiger partial charge < -0.3 is 14.7 Å². The smallest absolute Gasteiger partial charge is 0.136 e. The van der Waals surface area contributed by atoms with Gasteiger partial charge in [-0.3, -0.25) is 4.90 Å². The molecule has 31 heavy (non-hydrogen) atoms. The van der Waals surface area contributed by atoms with Crippen molar-refractivity contribution in [3.63, 3.8) is 0 Å². The fraction of sp³-hybridized carbons (Fsp3) is 0.583. The highest BCUT2D eigenvalue weighted by Gasteiger charge is 2.24. The van der Waals surface area contributed by atoms with Crippen molar-refractivity contribution < 1.29 is 14.2 Å². The third kappa shape index (κ3) is 6.45. The monoisotopic (exact) mass is 430 g/mol. The van der Waals surface area contributed by atoms with E-state index >= 15 is 0 Å². The molecule has 3 rings (SSSR count). The Morgan fingerprint density at radius 3 is 2.48 bits per heavy atom. The van der Waals surface area contributed by atoms with Crippen LogP contribution in [0.4, 0.5) is 10.2 Å². The molecule has 7 heteroatoms. The Morgan fingerprint density at radius 1 is 1.13 bits per heavy atom. The van der Waals surface area contributed by atoms with Crippen molar-refractivity contribution in [1.29, 1.82) is 0 Å². The van der Waals surface area contributed by atoms with Gasteiger partial charge in [0.25, 0.3) is 0 Å². The summed E-state index contributed by atoms with van der Waals surface area (Å²) in [5.41, 5.74) is 2.66. The molecule has 1 aromatic carbocycles. The van der Waals surface area contributed by atoms with Crippen molar-refractivity contribution in [3.8, 4) is 0 Å². The van der Waals surface area contributed by atoms with Gasteiger partial charge in [0.05, 0.1) is 18.8 Å². The summed E-state index contributed by atoms with van der Waals surface area (Å²) in [5.74, 6) is 1.46. The van der Waals surface area contributed by atoms with Crippen molar-refractivity contribution in [1.82, 2.24) is 14.9 Å². The molecule has 1 N–H and O–H groups in total. The molecule has 1 atom stereocenters. The van der Waals surface area contributed by atoms with E-state index in [0.29, 0.717) is 25.1 Å².